The topological polar surface area (TPSA) is 54.6 Å². The summed E-state index contributed by atoms with van der Waals surface area (Å²) in [6.07, 6.45) is 2.74. The third kappa shape index (κ3) is 4.12. The highest BCUT2D eigenvalue weighted by Crippen LogP contribution is 2.18. The summed E-state index contributed by atoms with van der Waals surface area (Å²) >= 11 is 5.16. The molecule has 1 aromatic rings. The summed E-state index contributed by atoms with van der Waals surface area (Å²) in [4.78, 5) is 9.67. The molecule has 116 valence electrons. The van der Waals surface area contributed by atoms with Crippen LogP contribution in [0.4, 0.5) is 0 Å². The van der Waals surface area contributed by atoms with E-state index in [1.165, 1.54) is 0 Å². The Morgan fingerprint density at radius 2 is 2.14 bits per heavy atom. The first-order valence-corrected chi connectivity index (χ1v) is 7.80. The second-order valence-corrected chi connectivity index (χ2v) is 5.78. The highest BCUT2D eigenvalue weighted by atomic mass is 32.1. The van der Waals surface area contributed by atoms with Gasteiger partial charge in [-0.05, 0) is 12.5 Å². The molecule has 1 fully saturated rings. The van der Waals surface area contributed by atoms with Crippen molar-refractivity contribution in [2.45, 2.75) is 25.9 Å². The van der Waals surface area contributed by atoms with Gasteiger partial charge in [0.1, 0.15) is 0 Å². The third-order valence-corrected chi connectivity index (χ3v) is 4.27. The molecule has 0 aliphatic carbocycles. The molecule has 1 saturated heterocycles. The Bertz CT molecular complexity index is 474. The van der Waals surface area contributed by atoms with E-state index in [4.69, 9.17) is 22.7 Å². The molecule has 0 spiro atoms. The summed E-state index contributed by atoms with van der Waals surface area (Å²) < 4.78 is 5.31. The first-order valence-electron chi connectivity index (χ1n) is 7.39. The Labute approximate surface area is 132 Å². The van der Waals surface area contributed by atoms with Gasteiger partial charge in [-0.1, -0.05) is 25.2 Å². The summed E-state index contributed by atoms with van der Waals surface area (Å²) in [5, 5.41) is 0. The predicted molar refractivity (Wildman–Crippen MR) is 88.5 cm³/mol. The molecule has 1 aliphatic rings. The van der Waals surface area contributed by atoms with Gasteiger partial charge in [0.25, 0.3) is 0 Å². The SMILES string of the molecule is CCC(C(N)=S)N1CCN(Cc2cccnc2OC)CC1. The minimum Gasteiger partial charge on any atom is -0.481 e. The van der Waals surface area contributed by atoms with Crippen molar-refractivity contribution in [3.05, 3.63) is 23.9 Å². The van der Waals surface area contributed by atoms with Crippen LogP contribution in [-0.4, -0.2) is 59.1 Å². The Balaban J connectivity index is 1.91. The van der Waals surface area contributed by atoms with E-state index in [9.17, 15) is 0 Å². The molecule has 2 heterocycles. The van der Waals surface area contributed by atoms with Crippen LogP contribution in [0.5, 0.6) is 5.88 Å². The lowest BCUT2D eigenvalue weighted by atomic mass is 10.1. The minimum atomic E-state index is 0.232. The van der Waals surface area contributed by atoms with Crippen molar-refractivity contribution in [1.82, 2.24) is 14.8 Å². The van der Waals surface area contributed by atoms with Gasteiger partial charge >= 0.3 is 0 Å². The second-order valence-electron chi connectivity index (χ2n) is 5.31. The molecule has 5 nitrogen and oxygen atoms in total. The number of piperazine rings is 1. The Morgan fingerprint density at radius 3 is 2.71 bits per heavy atom. The van der Waals surface area contributed by atoms with Gasteiger partial charge in [-0.15, -0.1) is 0 Å². The molecule has 0 radical (unpaired) electrons. The number of hydrogen-bond acceptors (Lipinski definition) is 5. The van der Waals surface area contributed by atoms with E-state index in [1.807, 2.05) is 6.07 Å². The maximum atomic E-state index is 5.83. The van der Waals surface area contributed by atoms with Crippen LogP contribution in [0.2, 0.25) is 0 Å². The second kappa shape index (κ2) is 7.68. The smallest absolute Gasteiger partial charge is 0.217 e. The quantitative estimate of drug-likeness (QED) is 0.799. The van der Waals surface area contributed by atoms with Crippen LogP contribution in [0.15, 0.2) is 18.3 Å². The number of thiocarbonyl (C=S) groups is 1. The number of aromatic nitrogens is 1. The van der Waals surface area contributed by atoms with Crippen LogP contribution in [0.3, 0.4) is 0 Å². The highest BCUT2D eigenvalue weighted by Gasteiger charge is 2.24. The van der Waals surface area contributed by atoms with Gasteiger partial charge in [0.2, 0.25) is 5.88 Å². The molecule has 0 saturated carbocycles. The van der Waals surface area contributed by atoms with Crippen molar-refractivity contribution in [2.24, 2.45) is 5.73 Å². The van der Waals surface area contributed by atoms with Crippen LogP contribution < -0.4 is 10.5 Å². The Kier molecular flexibility index (Phi) is 5.90. The van der Waals surface area contributed by atoms with Crippen molar-refractivity contribution < 1.29 is 4.74 Å². The normalized spacial score (nSPS) is 18.4. The van der Waals surface area contributed by atoms with E-state index in [2.05, 4.69) is 27.8 Å². The van der Waals surface area contributed by atoms with Crippen LogP contribution in [-0.2, 0) is 6.54 Å². The molecular formula is C15H24N4OS. The summed E-state index contributed by atoms with van der Waals surface area (Å²) in [6, 6.07) is 4.26. The summed E-state index contributed by atoms with van der Waals surface area (Å²) in [5.41, 5.74) is 6.96. The van der Waals surface area contributed by atoms with Crippen LogP contribution in [0.1, 0.15) is 18.9 Å². The number of ether oxygens (including phenoxy) is 1. The van der Waals surface area contributed by atoms with E-state index >= 15 is 0 Å². The maximum absolute atomic E-state index is 5.83. The van der Waals surface area contributed by atoms with E-state index in [0.717, 1.165) is 50.6 Å². The van der Waals surface area contributed by atoms with E-state index in [-0.39, 0.29) is 6.04 Å². The lowest BCUT2D eigenvalue weighted by molar-refractivity contribution is 0.111. The molecule has 2 rings (SSSR count). The summed E-state index contributed by atoms with van der Waals surface area (Å²) in [5.74, 6) is 0.717. The number of hydrogen-bond donors (Lipinski definition) is 1. The monoisotopic (exact) mass is 308 g/mol. The Hall–Kier alpha value is -1.24. The van der Waals surface area contributed by atoms with Gasteiger partial charge in [-0.3, -0.25) is 9.80 Å². The fourth-order valence-corrected chi connectivity index (χ4v) is 3.16. The third-order valence-electron chi connectivity index (χ3n) is 4.00. The van der Waals surface area contributed by atoms with Gasteiger partial charge in [-0.2, -0.15) is 0 Å². The number of methoxy groups -OCH3 is 1. The molecular weight excluding hydrogens is 284 g/mol. The van der Waals surface area contributed by atoms with Crippen molar-refractivity contribution >= 4 is 17.2 Å². The number of nitrogens with zero attached hydrogens (tertiary/aromatic N) is 3. The standard InChI is InChI=1S/C15H24N4OS/c1-3-13(14(16)21)19-9-7-18(8-10-19)11-12-5-4-6-17-15(12)20-2/h4-6,13H,3,7-11H2,1-2H3,(H2,16,21). The van der Waals surface area contributed by atoms with Gasteiger partial charge in [0.05, 0.1) is 18.1 Å². The van der Waals surface area contributed by atoms with Crippen LogP contribution in [0, 0.1) is 0 Å². The lowest BCUT2D eigenvalue weighted by Gasteiger charge is -2.38. The number of nitrogens with two attached hydrogens (primary N) is 1. The number of rotatable bonds is 6. The molecule has 0 amide bonds. The Morgan fingerprint density at radius 1 is 1.43 bits per heavy atom. The van der Waals surface area contributed by atoms with E-state index in [1.54, 1.807) is 13.3 Å². The van der Waals surface area contributed by atoms with Gasteiger partial charge in [-0.25, -0.2) is 4.98 Å². The average molecular weight is 308 g/mol. The molecule has 0 bridgehead atoms. The fourth-order valence-electron chi connectivity index (χ4n) is 2.84. The van der Waals surface area contributed by atoms with Gasteiger partial charge in [0.15, 0.2) is 0 Å². The average Bonchev–Trinajstić information content (AvgIpc) is 2.50. The van der Waals surface area contributed by atoms with E-state index in [0.29, 0.717) is 4.99 Å². The van der Waals surface area contributed by atoms with Crippen molar-refractivity contribution in [3.63, 3.8) is 0 Å². The molecule has 0 aromatic carbocycles. The summed E-state index contributed by atoms with van der Waals surface area (Å²) in [6.45, 7) is 7.02. The predicted octanol–water partition coefficient (Wildman–Crippen LogP) is 1.27. The van der Waals surface area contributed by atoms with Crippen molar-refractivity contribution in [2.75, 3.05) is 33.3 Å². The largest absolute Gasteiger partial charge is 0.481 e. The zero-order valence-electron chi connectivity index (χ0n) is 12.8. The molecule has 1 atom stereocenters. The molecule has 2 N–H and O–H groups in total. The van der Waals surface area contributed by atoms with Gasteiger partial charge in [0, 0.05) is 44.5 Å². The first-order chi connectivity index (χ1) is 10.2. The minimum absolute atomic E-state index is 0.232. The van der Waals surface area contributed by atoms with E-state index < -0.39 is 0 Å². The van der Waals surface area contributed by atoms with Crippen molar-refractivity contribution in [1.29, 1.82) is 0 Å². The highest BCUT2D eigenvalue weighted by molar-refractivity contribution is 7.80. The number of pyridine rings is 1. The molecule has 21 heavy (non-hydrogen) atoms. The maximum Gasteiger partial charge on any atom is 0.217 e. The molecule has 1 aliphatic heterocycles. The van der Waals surface area contributed by atoms with Crippen LogP contribution >= 0.6 is 12.2 Å². The first kappa shape index (κ1) is 16.1. The zero-order valence-corrected chi connectivity index (χ0v) is 13.6. The van der Waals surface area contributed by atoms with Crippen molar-refractivity contribution in [3.8, 4) is 5.88 Å². The van der Waals surface area contributed by atoms with Crippen LogP contribution in [0.25, 0.3) is 0 Å². The lowest BCUT2D eigenvalue weighted by Crippen LogP contribution is -2.53. The zero-order chi connectivity index (χ0) is 15.2. The van der Waals surface area contributed by atoms with Gasteiger partial charge < -0.3 is 10.5 Å². The summed E-state index contributed by atoms with van der Waals surface area (Å²) in [7, 11) is 1.66. The molecule has 1 unspecified atom stereocenters. The molecule has 1 aromatic heterocycles. The fraction of sp³-hybridized carbons (Fsp3) is 0.600. The molecule has 6 heteroatoms.